The summed E-state index contributed by atoms with van der Waals surface area (Å²) in [6.45, 7) is 1.70. The number of methoxy groups -OCH3 is 4. The van der Waals surface area contributed by atoms with Gasteiger partial charge in [0, 0.05) is 43.3 Å². The van der Waals surface area contributed by atoms with E-state index in [9.17, 15) is 19.5 Å². The van der Waals surface area contributed by atoms with Crippen molar-refractivity contribution in [2.24, 2.45) is 20.0 Å². The van der Waals surface area contributed by atoms with Crippen molar-refractivity contribution in [2.75, 3.05) is 33.8 Å². The van der Waals surface area contributed by atoms with Crippen LogP contribution in [0.15, 0.2) is 39.1 Å². The molecule has 2 N–H and O–H groups in total. The number of hydrogen-bond acceptors (Lipinski definition) is 11. The second-order valence-electron chi connectivity index (χ2n) is 11.1. The number of ketones is 2. The van der Waals surface area contributed by atoms with Crippen molar-refractivity contribution in [1.82, 2.24) is 9.13 Å². The van der Waals surface area contributed by atoms with Gasteiger partial charge in [-0.05, 0) is 24.1 Å². The van der Waals surface area contributed by atoms with Crippen LogP contribution in [0.5, 0.6) is 34.5 Å². The zero-order valence-electron chi connectivity index (χ0n) is 25.5. The average molecular weight is 640 g/mol. The lowest BCUT2D eigenvalue weighted by atomic mass is 9.66. The number of phenols is 1. The van der Waals surface area contributed by atoms with Crippen LogP contribution in [0.1, 0.15) is 40.7 Å². The number of nitrogens with zero attached hydrogens (tertiary/aromatic N) is 2. The Morgan fingerprint density at radius 1 is 0.911 bits per heavy atom. The number of ether oxygens (including phenoxy) is 5. The van der Waals surface area contributed by atoms with E-state index in [1.165, 1.54) is 65.3 Å². The normalized spacial score (nSPS) is 21.5. The molecular formula is C31H30ClN3O10. The molecule has 45 heavy (non-hydrogen) atoms. The van der Waals surface area contributed by atoms with E-state index in [0.29, 0.717) is 11.3 Å². The molecule has 14 heteroatoms. The molecule has 0 amide bonds. The maximum atomic E-state index is 15.0. The molecule has 1 aliphatic carbocycles. The van der Waals surface area contributed by atoms with Gasteiger partial charge in [-0.3, -0.25) is 23.5 Å². The van der Waals surface area contributed by atoms with Gasteiger partial charge in [-0.2, -0.15) is 0 Å². The zero-order valence-corrected chi connectivity index (χ0v) is 26.2. The monoisotopic (exact) mass is 639 g/mol. The molecule has 3 atom stereocenters. The molecule has 236 valence electrons. The number of Topliss-reactive ketones (excluding diaryl/α,β-unsaturated/α-hetero) is 2. The second kappa shape index (κ2) is 10.3. The van der Waals surface area contributed by atoms with E-state index in [4.69, 9.17) is 35.3 Å². The number of hydrogen-bond donors (Lipinski definition) is 2. The molecule has 3 aliphatic rings. The minimum Gasteiger partial charge on any atom is -0.502 e. The van der Waals surface area contributed by atoms with E-state index < -0.39 is 40.3 Å². The van der Waals surface area contributed by atoms with Crippen LogP contribution in [0.4, 0.5) is 5.82 Å². The summed E-state index contributed by atoms with van der Waals surface area (Å²) < 4.78 is 30.2. The Morgan fingerprint density at radius 2 is 1.51 bits per heavy atom. The number of fused-ring (bicyclic) bond motifs is 2. The number of rotatable bonds is 5. The number of anilines is 1. The summed E-state index contributed by atoms with van der Waals surface area (Å²) in [4.78, 5) is 56.3. The summed E-state index contributed by atoms with van der Waals surface area (Å²) >= 11 is 6.61. The van der Waals surface area contributed by atoms with Crippen LogP contribution < -0.4 is 40.3 Å². The van der Waals surface area contributed by atoms with Crippen molar-refractivity contribution in [3.05, 3.63) is 72.0 Å². The number of benzene rings is 2. The minimum absolute atomic E-state index is 0.000416. The van der Waals surface area contributed by atoms with Gasteiger partial charge in [0.1, 0.15) is 27.9 Å². The number of aromatic nitrogens is 2. The SMILES string of the molecule is COc1cc(C2C3=C(CC(C)C4(Oc5c(Cl)c(OC)cc(OC)c5C4=O)C3=O)Nc3c2c(=O)n(C)c(=O)n3C)cc(OC)c1O. The van der Waals surface area contributed by atoms with E-state index in [-0.39, 0.29) is 68.5 Å². The van der Waals surface area contributed by atoms with Crippen LogP contribution in [0.2, 0.25) is 5.02 Å². The van der Waals surface area contributed by atoms with Gasteiger partial charge in [-0.1, -0.05) is 18.5 Å². The van der Waals surface area contributed by atoms with Gasteiger partial charge in [0.05, 0.1) is 34.0 Å². The molecule has 0 fully saturated rings. The predicted molar refractivity (Wildman–Crippen MR) is 162 cm³/mol. The van der Waals surface area contributed by atoms with E-state index in [1.54, 1.807) is 6.92 Å². The van der Waals surface area contributed by atoms with E-state index in [1.807, 2.05) is 0 Å². The Morgan fingerprint density at radius 3 is 2.09 bits per heavy atom. The first-order valence-electron chi connectivity index (χ1n) is 13.9. The van der Waals surface area contributed by atoms with Crippen molar-refractivity contribution >= 4 is 29.0 Å². The lowest BCUT2D eigenvalue weighted by molar-refractivity contribution is -0.130. The highest BCUT2D eigenvalue weighted by Gasteiger charge is 2.64. The van der Waals surface area contributed by atoms with Gasteiger partial charge >= 0.3 is 5.69 Å². The molecule has 1 spiro atoms. The molecule has 13 nitrogen and oxygen atoms in total. The molecule has 0 saturated heterocycles. The fourth-order valence-electron chi connectivity index (χ4n) is 6.60. The van der Waals surface area contributed by atoms with Gasteiger partial charge in [-0.25, -0.2) is 4.79 Å². The van der Waals surface area contributed by atoms with Gasteiger partial charge in [0.2, 0.25) is 22.9 Å². The first kappa shape index (κ1) is 30.1. The lowest BCUT2D eigenvalue weighted by Crippen LogP contribution is -2.58. The van der Waals surface area contributed by atoms with Crippen LogP contribution in [0, 0.1) is 5.92 Å². The second-order valence-corrected chi connectivity index (χ2v) is 11.5. The summed E-state index contributed by atoms with van der Waals surface area (Å²) in [6, 6.07) is 4.40. The highest BCUT2D eigenvalue weighted by molar-refractivity contribution is 6.36. The van der Waals surface area contributed by atoms with Crippen molar-refractivity contribution in [3.63, 3.8) is 0 Å². The number of carbonyl (C=O) groups is 2. The largest absolute Gasteiger partial charge is 0.502 e. The molecule has 0 bridgehead atoms. The topological polar surface area (TPSA) is 157 Å². The lowest BCUT2D eigenvalue weighted by Gasteiger charge is -2.42. The Balaban J connectivity index is 1.65. The highest BCUT2D eigenvalue weighted by Crippen LogP contribution is 2.57. The fourth-order valence-corrected chi connectivity index (χ4v) is 6.87. The van der Waals surface area contributed by atoms with Crippen molar-refractivity contribution < 1.29 is 38.4 Å². The first-order valence-corrected chi connectivity index (χ1v) is 14.2. The van der Waals surface area contributed by atoms with E-state index in [0.717, 1.165) is 4.57 Å². The summed E-state index contributed by atoms with van der Waals surface area (Å²) in [7, 11) is 8.30. The van der Waals surface area contributed by atoms with Gasteiger partial charge in [0.15, 0.2) is 17.2 Å². The molecule has 3 aromatic rings. The molecule has 1 aromatic heterocycles. The molecule has 3 unspecified atom stereocenters. The van der Waals surface area contributed by atoms with Gasteiger partial charge in [0.25, 0.3) is 5.56 Å². The number of nitrogens with one attached hydrogen (secondary N) is 1. The van der Waals surface area contributed by atoms with Crippen molar-refractivity contribution in [3.8, 4) is 34.5 Å². The van der Waals surface area contributed by atoms with Crippen LogP contribution >= 0.6 is 11.6 Å². The molecule has 6 rings (SSSR count). The van der Waals surface area contributed by atoms with Crippen LogP contribution in [-0.4, -0.2) is 59.8 Å². The summed E-state index contributed by atoms with van der Waals surface area (Å²) in [5, 5.41) is 13.8. The van der Waals surface area contributed by atoms with Crippen molar-refractivity contribution in [1.29, 1.82) is 0 Å². The van der Waals surface area contributed by atoms with Crippen LogP contribution in [-0.2, 0) is 18.9 Å². The van der Waals surface area contributed by atoms with Gasteiger partial charge in [-0.15, -0.1) is 0 Å². The number of aromatic hydroxyl groups is 1. The quantitative estimate of drug-likeness (QED) is 0.396. The van der Waals surface area contributed by atoms with E-state index >= 15 is 4.79 Å². The average Bonchev–Trinajstić information content (AvgIpc) is 3.35. The summed E-state index contributed by atoms with van der Waals surface area (Å²) in [5.74, 6) is -3.05. The molecule has 0 radical (unpaired) electrons. The maximum Gasteiger partial charge on any atom is 0.332 e. The third kappa shape index (κ3) is 3.86. The first-order chi connectivity index (χ1) is 21.4. The van der Waals surface area contributed by atoms with Crippen molar-refractivity contribution in [2.45, 2.75) is 24.9 Å². The molecule has 2 aliphatic heterocycles. The standard InChI is InChI=1S/C31H30ClN3O10/c1-12-8-14-20(26(37)31(12)27(38)21-15(41-4)11-16(42-5)23(32)25(21)45-31)19(13-9-17(43-6)24(36)18(10-13)44-7)22-28(33-14)34(2)30(40)35(3)29(22)39/h9-12,19,33,36H,8H2,1-7H3. The Bertz CT molecular complexity index is 1970. The predicted octanol–water partition coefficient (Wildman–Crippen LogP) is 2.91. The third-order valence-corrected chi connectivity index (χ3v) is 9.27. The minimum atomic E-state index is -2.07. The highest BCUT2D eigenvalue weighted by atomic mass is 35.5. The molecule has 0 saturated carbocycles. The maximum absolute atomic E-state index is 15.0. The Labute approximate surface area is 261 Å². The molecule has 2 aromatic carbocycles. The number of halogens is 1. The van der Waals surface area contributed by atoms with E-state index in [2.05, 4.69) is 5.32 Å². The third-order valence-electron chi connectivity index (χ3n) is 8.91. The number of allylic oxidation sites excluding steroid dienone is 1. The molecular weight excluding hydrogens is 610 g/mol. The smallest absolute Gasteiger partial charge is 0.332 e. The summed E-state index contributed by atoms with van der Waals surface area (Å²) in [5.41, 5.74) is -2.47. The fraction of sp³-hybridized carbons (Fsp3) is 0.355. The molecule has 3 heterocycles. The summed E-state index contributed by atoms with van der Waals surface area (Å²) in [6.07, 6.45) is 0.115. The Kier molecular flexibility index (Phi) is 6.92. The van der Waals surface area contributed by atoms with Gasteiger partial charge < -0.3 is 34.1 Å². The number of carbonyl (C=O) groups excluding carboxylic acids is 2. The zero-order chi connectivity index (χ0) is 32.7. The van der Waals surface area contributed by atoms with Crippen LogP contribution in [0.3, 0.4) is 0 Å². The van der Waals surface area contributed by atoms with Crippen LogP contribution in [0.25, 0.3) is 0 Å². The number of phenolic OH excluding ortho intramolecular Hbond substituents is 1. The Hall–Kier alpha value is -4.91.